The lowest BCUT2D eigenvalue weighted by Gasteiger charge is -2.66. The summed E-state index contributed by atoms with van der Waals surface area (Å²) in [6.45, 7) is 13.5. The van der Waals surface area contributed by atoms with E-state index in [2.05, 4.69) is 32.9 Å². The van der Waals surface area contributed by atoms with Crippen molar-refractivity contribution in [3.8, 4) is 0 Å². The van der Waals surface area contributed by atoms with E-state index < -0.39 is 29.1 Å². The quantitative estimate of drug-likeness (QED) is 0.396. The van der Waals surface area contributed by atoms with Crippen LogP contribution in [0, 0.1) is 39.4 Å². The largest absolute Gasteiger partial charge is 0.462 e. The molecule has 0 amide bonds. The summed E-state index contributed by atoms with van der Waals surface area (Å²) in [7, 11) is 0. The Labute approximate surface area is 218 Å². The van der Waals surface area contributed by atoms with Crippen LogP contribution in [0.1, 0.15) is 74.1 Å². The van der Waals surface area contributed by atoms with Gasteiger partial charge in [0.2, 0.25) is 0 Å². The Bertz CT molecular complexity index is 1170. The normalized spacial score (nSPS) is 43.6. The molecular weight excluding hydrogens is 472 g/mol. The van der Waals surface area contributed by atoms with Crippen molar-refractivity contribution in [3.05, 3.63) is 35.5 Å². The molecule has 0 aromatic rings. The number of carbonyl (C=O) groups excluding carboxylic acids is 4. The zero-order valence-electron chi connectivity index (χ0n) is 22.9. The predicted molar refractivity (Wildman–Crippen MR) is 135 cm³/mol. The Hall–Kier alpha value is -2.70. The predicted octanol–water partition coefficient (Wildman–Crippen LogP) is 4.85. The molecule has 0 N–H and O–H groups in total. The van der Waals surface area contributed by atoms with Crippen LogP contribution in [-0.2, 0) is 33.4 Å². The van der Waals surface area contributed by atoms with Gasteiger partial charge in [-0.25, -0.2) is 4.79 Å². The zero-order valence-corrected chi connectivity index (χ0v) is 22.9. The van der Waals surface area contributed by atoms with Gasteiger partial charge in [-0.3, -0.25) is 14.4 Å². The fourth-order valence-corrected chi connectivity index (χ4v) is 8.99. The SMILES string of the molecule is CC(=O)OC1C=C([C@@H]2CC=C3[C@@]4(C)[C@H](CC[C@]32C)[C@@]2(C)C=CC(=O)C(C)(C)[C@@H]2C[C@H]4OC(C)=O)C(=O)O1. The molecule has 0 aromatic carbocycles. The summed E-state index contributed by atoms with van der Waals surface area (Å²) in [5.41, 5.74) is 0.176. The Morgan fingerprint density at radius 1 is 1.00 bits per heavy atom. The molecule has 7 heteroatoms. The molecular formula is C30H38O7. The summed E-state index contributed by atoms with van der Waals surface area (Å²) in [6.07, 6.45) is 9.38. The average Bonchev–Trinajstić information content (AvgIpc) is 3.31. The second kappa shape index (κ2) is 8.15. The monoisotopic (exact) mass is 510 g/mol. The third kappa shape index (κ3) is 3.52. The van der Waals surface area contributed by atoms with Gasteiger partial charge in [0.05, 0.1) is 0 Å². The molecule has 0 spiro atoms. The van der Waals surface area contributed by atoms with E-state index in [1.165, 1.54) is 19.4 Å². The molecule has 1 heterocycles. The third-order valence-electron chi connectivity index (χ3n) is 10.7. The lowest BCUT2D eigenvalue weighted by molar-refractivity contribution is -0.187. The van der Waals surface area contributed by atoms with Crippen molar-refractivity contribution < 1.29 is 33.4 Å². The molecule has 0 radical (unpaired) electrons. The molecule has 5 aliphatic rings. The van der Waals surface area contributed by atoms with E-state index >= 15 is 0 Å². The van der Waals surface area contributed by atoms with E-state index in [1.54, 1.807) is 12.2 Å². The van der Waals surface area contributed by atoms with E-state index in [9.17, 15) is 19.2 Å². The van der Waals surface area contributed by atoms with Crippen LogP contribution in [0.4, 0.5) is 0 Å². The van der Waals surface area contributed by atoms with Crippen molar-refractivity contribution in [3.63, 3.8) is 0 Å². The fourth-order valence-electron chi connectivity index (χ4n) is 8.99. The molecule has 4 aliphatic carbocycles. The number of ether oxygens (including phenoxy) is 3. The Kier molecular flexibility index (Phi) is 5.71. The van der Waals surface area contributed by atoms with Crippen LogP contribution in [0.15, 0.2) is 35.5 Å². The second-order valence-corrected chi connectivity index (χ2v) is 12.9. The van der Waals surface area contributed by atoms with E-state index in [0.717, 1.165) is 12.8 Å². The van der Waals surface area contributed by atoms with Crippen LogP contribution < -0.4 is 0 Å². The number of carbonyl (C=O) groups is 4. The molecule has 0 aromatic heterocycles. The molecule has 0 saturated heterocycles. The van der Waals surface area contributed by atoms with Crippen molar-refractivity contribution in [2.75, 3.05) is 0 Å². The molecule has 1 aliphatic heterocycles. The highest BCUT2D eigenvalue weighted by Crippen LogP contribution is 2.72. The van der Waals surface area contributed by atoms with E-state index in [4.69, 9.17) is 14.2 Å². The number of allylic oxidation sites excluding steroid dienone is 3. The number of fused-ring (bicyclic) bond motifs is 5. The molecule has 37 heavy (non-hydrogen) atoms. The molecule has 1 unspecified atom stereocenters. The first-order chi connectivity index (χ1) is 17.2. The molecule has 5 rings (SSSR count). The summed E-state index contributed by atoms with van der Waals surface area (Å²) in [5.74, 6) is -1.07. The first-order valence-corrected chi connectivity index (χ1v) is 13.4. The number of cyclic esters (lactones) is 1. The zero-order chi connectivity index (χ0) is 27.1. The topological polar surface area (TPSA) is 96.0 Å². The highest BCUT2D eigenvalue weighted by atomic mass is 16.7. The summed E-state index contributed by atoms with van der Waals surface area (Å²) < 4.78 is 16.6. The third-order valence-corrected chi connectivity index (χ3v) is 10.7. The van der Waals surface area contributed by atoms with Crippen LogP contribution >= 0.6 is 0 Å². The Morgan fingerprint density at radius 2 is 1.68 bits per heavy atom. The lowest BCUT2D eigenvalue weighted by Crippen LogP contribution is -2.64. The summed E-state index contributed by atoms with van der Waals surface area (Å²) in [5, 5.41) is 0. The number of hydrogen-bond donors (Lipinski definition) is 0. The van der Waals surface area contributed by atoms with E-state index in [-0.39, 0.29) is 46.4 Å². The molecule has 8 atom stereocenters. The highest BCUT2D eigenvalue weighted by Gasteiger charge is 2.68. The van der Waals surface area contributed by atoms with Crippen molar-refractivity contribution in [2.45, 2.75) is 86.5 Å². The van der Waals surface area contributed by atoms with Crippen molar-refractivity contribution >= 4 is 23.7 Å². The standard InChI is InChI=1S/C30H38O7/c1-16(31)35-24-15-22-27(3,4)23(33)11-13-29(22,6)21-10-12-28(5)19(8-9-20(28)30(21,24)7)18-14-25(36-17(2)32)37-26(18)34/h9,11,13-14,19,21-22,24-25H,8,10,12,15H2,1-7H3/t19-,21+,22-,24+,25?,28-,29+,30-/m0/s1. The van der Waals surface area contributed by atoms with E-state index in [1.807, 2.05) is 13.8 Å². The van der Waals surface area contributed by atoms with Crippen LogP contribution in [0.3, 0.4) is 0 Å². The maximum absolute atomic E-state index is 12.9. The van der Waals surface area contributed by atoms with Gasteiger partial charge in [-0.1, -0.05) is 52.3 Å². The highest BCUT2D eigenvalue weighted by molar-refractivity contribution is 5.96. The van der Waals surface area contributed by atoms with E-state index in [0.29, 0.717) is 18.4 Å². The van der Waals surface area contributed by atoms with Gasteiger partial charge in [0.1, 0.15) is 6.10 Å². The van der Waals surface area contributed by atoms with Gasteiger partial charge in [0, 0.05) is 42.2 Å². The summed E-state index contributed by atoms with van der Waals surface area (Å²) in [4.78, 5) is 49.6. The molecule has 2 fully saturated rings. The number of hydrogen-bond acceptors (Lipinski definition) is 7. The van der Waals surface area contributed by atoms with Crippen LogP contribution in [0.5, 0.6) is 0 Å². The minimum Gasteiger partial charge on any atom is -0.462 e. The number of rotatable bonds is 3. The van der Waals surface area contributed by atoms with Crippen LogP contribution in [-0.4, -0.2) is 36.1 Å². The van der Waals surface area contributed by atoms with Crippen LogP contribution in [0.25, 0.3) is 0 Å². The van der Waals surface area contributed by atoms with Gasteiger partial charge in [-0.2, -0.15) is 0 Å². The maximum atomic E-state index is 12.9. The summed E-state index contributed by atoms with van der Waals surface area (Å²) >= 11 is 0. The van der Waals surface area contributed by atoms with Crippen molar-refractivity contribution in [1.29, 1.82) is 0 Å². The van der Waals surface area contributed by atoms with Gasteiger partial charge >= 0.3 is 17.9 Å². The minimum absolute atomic E-state index is 0.0408. The molecule has 7 nitrogen and oxygen atoms in total. The molecule has 0 bridgehead atoms. The van der Waals surface area contributed by atoms with Gasteiger partial charge < -0.3 is 14.2 Å². The first kappa shape index (κ1) is 25.9. The average molecular weight is 511 g/mol. The van der Waals surface area contributed by atoms with Gasteiger partial charge in [-0.05, 0) is 54.4 Å². The Balaban J connectivity index is 1.57. The smallest absolute Gasteiger partial charge is 0.337 e. The van der Waals surface area contributed by atoms with Gasteiger partial charge in [0.15, 0.2) is 5.78 Å². The van der Waals surface area contributed by atoms with Crippen LogP contribution in [0.2, 0.25) is 0 Å². The number of esters is 3. The molecule has 2 saturated carbocycles. The first-order valence-electron chi connectivity index (χ1n) is 13.4. The minimum atomic E-state index is -0.991. The maximum Gasteiger partial charge on any atom is 0.337 e. The lowest BCUT2D eigenvalue weighted by atomic mass is 9.38. The second-order valence-electron chi connectivity index (χ2n) is 12.9. The van der Waals surface area contributed by atoms with Crippen molar-refractivity contribution in [2.24, 2.45) is 39.4 Å². The van der Waals surface area contributed by atoms with Crippen molar-refractivity contribution in [1.82, 2.24) is 0 Å². The Morgan fingerprint density at radius 3 is 2.32 bits per heavy atom. The van der Waals surface area contributed by atoms with Gasteiger partial charge in [-0.15, -0.1) is 0 Å². The fraction of sp³-hybridized carbons (Fsp3) is 0.667. The van der Waals surface area contributed by atoms with Gasteiger partial charge in [0.25, 0.3) is 6.29 Å². The number of ketones is 1. The summed E-state index contributed by atoms with van der Waals surface area (Å²) in [6, 6.07) is 0. The molecule has 200 valence electrons.